The number of rotatable bonds is 5. The van der Waals surface area contributed by atoms with Gasteiger partial charge in [-0.05, 0) is 36.4 Å². The van der Waals surface area contributed by atoms with Crippen molar-refractivity contribution in [2.75, 3.05) is 24.8 Å². The third kappa shape index (κ3) is 10.3. The molecule has 0 aliphatic carbocycles. The monoisotopic (exact) mass is 382 g/mol. The molecular weight excluding hydrogens is 361 g/mol. The highest BCUT2D eigenvalue weighted by Gasteiger charge is 2.31. The van der Waals surface area contributed by atoms with Crippen molar-refractivity contribution in [3.05, 3.63) is 66.7 Å². The molecule has 0 saturated heterocycles. The Morgan fingerprint density at radius 1 is 1.04 bits per heavy atom. The number of carbonyl (C=O) groups is 2. The van der Waals surface area contributed by atoms with Crippen LogP contribution < -0.4 is 15.4 Å². The van der Waals surface area contributed by atoms with Crippen LogP contribution in [0.25, 0.3) is 0 Å². The lowest BCUT2D eigenvalue weighted by Crippen LogP contribution is -2.07. The molecule has 0 saturated carbocycles. The summed E-state index contributed by atoms with van der Waals surface area (Å²) in [6.07, 6.45) is -2.26. The molecule has 27 heavy (non-hydrogen) atoms. The third-order valence-corrected chi connectivity index (χ3v) is 2.85. The van der Waals surface area contributed by atoms with Gasteiger partial charge in [-0.1, -0.05) is 24.8 Å². The first-order valence-corrected chi connectivity index (χ1v) is 7.57. The lowest BCUT2D eigenvalue weighted by Gasteiger charge is -2.11. The number of alkyl halides is 3. The fourth-order valence-electron chi connectivity index (χ4n) is 1.64. The van der Waals surface area contributed by atoms with Crippen molar-refractivity contribution in [3.8, 4) is 5.75 Å². The summed E-state index contributed by atoms with van der Waals surface area (Å²) in [6.45, 7) is 3.11. The molecule has 0 unspecified atom stereocenters. The Morgan fingerprint density at radius 3 is 1.96 bits per heavy atom. The summed E-state index contributed by atoms with van der Waals surface area (Å²) in [6, 6.07) is 12.9. The fourth-order valence-corrected chi connectivity index (χ4v) is 1.64. The molecule has 0 bridgehead atoms. The second-order valence-corrected chi connectivity index (χ2v) is 4.70. The number of hydrogen-bond donors (Lipinski definition) is 2. The van der Waals surface area contributed by atoms with Gasteiger partial charge in [-0.2, -0.15) is 13.2 Å². The molecule has 0 aliphatic heterocycles. The number of para-hydroxylation sites is 1. The molecule has 0 aliphatic rings. The van der Waals surface area contributed by atoms with E-state index in [0.29, 0.717) is 12.7 Å². The molecule has 2 N–H and O–H groups in total. The topological polar surface area (TPSA) is 67.4 Å². The van der Waals surface area contributed by atoms with E-state index in [1.165, 1.54) is 19.2 Å². The largest absolute Gasteiger partial charge is 0.497 e. The summed E-state index contributed by atoms with van der Waals surface area (Å²) in [5, 5.41) is 4.76. The summed E-state index contributed by atoms with van der Waals surface area (Å²) >= 11 is 0. The van der Waals surface area contributed by atoms with Crippen molar-refractivity contribution in [2.24, 2.45) is 0 Å². The van der Waals surface area contributed by atoms with Gasteiger partial charge in [0, 0.05) is 18.4 Å². The number of aldehydes is 1. The van der Waals surface area contributed by atoms with E-state index in [1.807, 2.05) is 30.3 Å². The first kappa shape index (κ1) is 23.7. The normalized spacial score (nSPS) is 9.37. The van der Waals surface area contributed by atoms with Crippen molar-refractivity contribution >= 4 is 24.1 Å². The molecule has 1 amide bonds. The Hall–Kier alpha value is -3.29. The van der Waals surface area contributed by atoms with E-state index in [9.17, 15) is 18.0 Å². The van der Waals surface area contributed by atoms with Crippen LogP contribution in [0.4, 0.5) is 24.5 Å². The number of benzene rings is 2. The number of methoxy groups -OCH3 is 1. The zero-order chi connectivity index (χ0) is 20.7. The van der Waals surface area contributed by atoms with Crippen LogP contribution in [-0.2, 0) is 15.8 Å². The predicted octanol–water partition coefficient (Wildman–Crippen LogP) is 4.38. The quantitative estimate of drug-likeness (QED) is 0.595. The van der Waals surface area contributed by atoms with Gasteiger partial charge in [-0.3, -0.25) is 9.59 Å². The van der Waals surface area contributed by atoms with Gasteiger partial charge in [-0.15, -0.1) is 0 Å². The maximum absolute atomic E-state index is 12.4. The Labute approximate surface area is 155 Å². The maximum Gasteiger partial charge on any atom is 0.416 e. The van der Waals surface area contributed by atoms with Crippen LogP contribution in [0.15, 0.2) is 61.2 Å². The number of allylic oxidation sites excluding steroid dienone is 1. The second-order valence-electron chi connectivity index (χ2n) is 4.70. The summed E-state index contributed by atoms with van der Waals surface area (Å²) in [5.74, 6) is 0.910. The second kappa shape index (κ2) is 13.0. The van der Waals surface area contributed by atoms with E-state index < -0.39 is 11.7 Å². The molecule has 0 heterocycles. The van der Waals surface area contributed by atoms with E-state index in [0.717, 1.165) is 17.9 Å². The fraction of sp³-hybridized carbons (Fsp3) is 0.158. The summed E-state index contributed by atoms with van der Waals surface area (Å²) in [5.41, 5.74) is -0.419. The minimum Gasteiger partial charge on any atom is -0.497 e. The van der Waals surface area contributed by atoms with E-state index >= 15 is 0 Å². The van der Waals surface area contributed by atoms with Crippen LogP contribution in [0.1, 0.15) is 5.56 Å². The van der Waals surface area contributed by atoms with Gasteiger partial charge in [0.2, 0.25) is 6.41 Å². The molecule has 0 aromatic heterocycles. The highest BCUT2D eigenvalue weighted by Crippen LogP contribution is 2.33. The number of nitrogens with one attached hydrogen (secondary N) is 2. The third-order valence-electron chi connectivity index (χ3n) is 2.85. The Balaban J connectivity index is 0.000000468. The van der Waals surface area contributed by atoms with E-state index in [-0.39, 0.29) is 11.4 Å². The Bertz CT molecular complexity index is 699. The van der Waals surface area contributed by atoms with Gasteiger partial charge >= 0.3 is 6.18 Å². The predicted molar refractivity (Wildman–Crippen MR) is 99.9 cm³/mol. The van der Waals surface area contributed by atoms with Gasteiger partial charge in [0.15, 0.2) is 0 Å². The smallest absolute Gasteiger partial charge is 0.416 e. The van der Waals surface area contributed by atoms with Crippen molar-refractivity contribution in [1.82, 2.24) is 0 Å². The first-order valence-electron chi connectivity index (χ1n) is 7.57. The Kier molecular flexibility index (Phi) is 11.4. The lowest BCUT2D eigenvalue weighted by atomic mass is 10.1. The summed E-state index contributed by atoms with van der Waals surface area (Å²) in [7, 11) is 3.16. The average Bonchev–Trinajstić information content (AvgIpc) is 2.68. The van der Waals surface area contributed by atoms with Crippen molar-refractivity contribution in [1.29, 1.82) is 0 Å². The molecule has 146 valence electrons. The summed E-state index contributed by atoms with van der Waals surface area (Å²) < 4.78 is 42.1. The van der Waals surface area contributed by atoms with Crippen molar-refractivity contribution in [2.45, 2.75) is 6.18 Å². The number of ether oxygens (including phenoxy) is 1. The van der Waals surface area contributed by atoms with Crippen molar-refractivity contribution < 1.29 is 27.5 Å². The SMILES string of the molecule is C=CC=O.CNc1cc(NC=O)cc(C(F)(F)F)c1.COc1ccccc1. The molecule has 0 fully saturated rings. The van der Waals surface area contributed by atoms with Gasteiger partial charge < -0.3 is 15.4 Å². The zero-order valence-electron chi connectivity index (χ0n) is 14.9. The van der Waals surface area contributed by atoms with Crippen LogP contribution in [0.5, 0.6) is 5.75 Å². The summed E-state index contributed by atoms with van der Waals surface area (Å²) in [4.78, 5) is 19.2. The van der Waals surface area contributed by atoms with Gasteiger partial charge in [0.1, 0.15) is 12.0 Å². The molecule has 2 aromatic rings. The molecule has 0 radical (unpaired) electrons. The standard InChI is InChI=1S/C9H9F3N2O.C7H8O.C3H4O/c1-13-7-2-6(9(10,11)12)3-8(4-7)14-5-15;1-8-7-5-3-2-4-6-7;1-2-3-4/h2-5,13H,1H3,(H,14,15);2-6H,1H3;2-3H,1H2. The molecule has 0 spiro atoms. The molecule has 2 aromatic carbocycles. The number of halogens is 3. The molecule has 0 atom stereocenters. The lowest BCUT2D eigenvalue weighted by molar-refractivity contribution is -0.137. The molecule has 8 heteroatoms. The average molecular weight is 382 g/mol. The maximum atomic E-state index is 12.4. The number of anilines is 2. The number of carbonyl (C=O) groups excluding carboxylic acids is 2. The minimum absolute atomic E-state index is 0.101. The Morgan fingerprint density at radius 2 is 1.59 bits per heavy atom. The molecule has 2 rings (SSSR count). The first-order chi connectivity index (χ1) is 12.8. The van der Waals surface area contributed by atoms with Gasteiger partial charge in [-0.25, -0.2) is 0 Å². The molecule has 5 nitrogen and oxygen atoms in total. The highest BCUT2D eigenvalue weighted by molar-refractivity contribution is 5.74. The van der Waals surface area contributed by atoms with Gasteiger partial charge in [0.25, 0.3) is 0 Å². The number of hydrogen-bond acceptors (Lipinski definition) is 4. The zero-order valence-corrected chi connectivity index (χ0v) is 14.9. The minimum atomic E-state index is -4.42. The van der Waals surface area contributed by atoms with Crippen LogP contribution in [0, 0.1) is 0 Å². The van der Waals surface area contributed by atoms with Crippen LogP contribution in [-0.4, -0.2) is 26.9 Å². The van der Waals surface area contributed by atoms with Crippen LogP contribution in [0.2, 0.25) is 0 Å². The number of amides is 1. The van der Waals surface area contributed by atoms with E-state index in [1.54, 1.807) is 7.11 Å². The highest BCUT2D eigenvalue weighted by atomic mass is 19.4. The van der Waals surface area contributed by atoms with Crippen LogP contribution in [0.3, 0.4) is 0 Å². The van der Waals surface area contributed by atoms with E-state index in [4.69, 9.17) is 9.53 Å². The molecular formula is C19H21F3N2O3. The van der Waals surface area contributed by atoms with E-state index in [2.05, 4.69) is 17.2 Å². The van der Waals surface area contributed by atoms with Crippen molar-refractivity contribution in [3.63, 3.8) is 0 Å². The van der Waals surface area contributed by atoms with Gasteiger partial charge in [0.05, 0.1) is 12.7 Å². The van der Waals surface area contributed by atoms with Crippen LogP contribution >= 0.6 is 0 Å².